The molecule has 1 unspecified atom stereocenters. The largest absolute Gasteiger partial charge is 0.481 e. The van der Waals surface area contributed by atoms with Gasteiger partial charge in [0.15, 0.2) is 6.10 Å². The van der Waals surface area contributed by atoms with E-state index in [1.807, 2.05) is 48.5 Å². The molecule has 28 heavy (non-hydrogen) atoms. The van der Waals surface area contributed by atoms with Crippen LogP contribution >= 0.6 is 0 Å². The minimum Gasteiger partial charge on any atom is -0.481 e. The van der Waals surface area contributed by atoms with Gasteiger partial charge in [-0.15, -0.1) is 0 Å². The molecule has 1 heterocycles. The van der Waals surface area contributed by atoms with Crippen molar-refractivity contribution in [2.75, 3.05) is 26.2 Å². The van der Waals surface area contributed by atoms with Crippen LogP contribution in [0.5, 0.6) is 5.75 Å². The van der Waals surface area contributed by atoms with Gasteiger partial charge in [-0.3, -0.25) is 4.79 Å². The summed E-state index contributed by atoms with van der Waals surface area (Å²) in [6.07, 6.45) is 0.964. The smallest absolute Gasteiger partial charge is 0.263 e. The summed E-state index contributed by atoms with van der Waals surface area (Å²) in [5, 5.41) is 1.22. The maximum Gasteiger partial charge on any atom is 0.263 e. The molecule has 3 rings (SSSR count). The number of carbonyl (C=O) groups excluding carboxylic acids is 1. The van der Waals surface area contributed by atoms with Crippen LogP contribution in [0.4, 0.5) is 0 Å². The molecule has 1 saturated heterocycles. The lowest BCUT2D eigenvalue weighted by atomic mass is 10.2. The highest BCUT2D eigenvalue weighted by Gasteiger charge is 2.30. The fourth-order valence-electron chi connectivity index (χ4n) is 2.99. The highest BCUT2D eigenvalue weighted by atomic mass is 32.2. The van der Waals surface area contributed by atoms with E-state index in [1.54, 1.807) is 30.0 Å². The maximum absolute atomic E-state index is 12.6. The number of rotatable bonds is 6. The van der Waals surface area contributed by atoms with E-state index in [-0.39, 0.29) is 19.0 Å². The Morgan fingerprint density at radius 3 is 2.14 bits per heavy atom. The summed E-state index contributed by atoms with van der Waals surface area (Å²) in [4.78, 5) is 14.2. The fraction of sp³-hybridized carbons (Fsp3) is 0.286. The van der Waals surface area contributed by atoms with Gasteiger partial charge in [0.1, 0.15) is 5.75 Å². The average Bonchev–Trinajstić information content (AvgIpc) is 2.73. The molecular formula is C21H24N2O4S. The summed E-state index contributed by atoms with van der Waals surface area (Å²) < 4.78 is 32.1. The van der Waals surface area contributed by atoms with Crippen molar-refractivity contribution in [2.24, 2.45) is 0 Å². The Hall–Kier alpha value is -2.64. The van der Waals surface area contributed by atoms with Gasteiger partial charge in [-0.1, -0.05) is 48.5 Å². The van der Waals surface area contributed by atoms with Crippen molar-refractivity contribution in [3.05, 3.63) is 71.6 Å². The van der Waals surface area contributed by atoms with Gasteiger partial charge < -0.3 is 9.64 Å². The molecule has 1 aliphatic heterocycles. The molecule has 148 valence electrons. The van der Waals surface area contributed by atoms with Crippen LogP contribution in [0.2, 0.25) is 0 Å². The van der Waals surface area contributed by atoms with Crippen LogP contribution in [0.1, 0.15) is 12.5 Å². The van der Waals surface area contributed by atoms with Crippen molar-refractivity contribution in [2.45, 2.75) is 13.0 Å². The molecule has 2 aromatic carbocycles. The number of para-hydroxylation sites is 1. The van der Waals surface area contributed by atoms with Crippen LogP contribution in [0.15, 0.2) is 66.1 Å². The van der Waals surface area contributed by atoms with Gasteiger partial charge in [0.05, 0.1) is 0 Å². The van der Waals surface area contributed by atoms with E-state index in [0.29, 0.717) is 18.8 Å². The van der Waals surface area contributed by atoms with E-state index < -0.39 is 16.1 Å². The van der Waals surface area contributed by atoms with Gasteiger partial charge >= 0.3 is 0 Å². The predicted molar refractivity (Wildman–Crippen MR) is 109 cm³/mol. The Kier molecular flexibility index (Phi) is 6.49. The number of amides is 1. The molecular weight excluding hydrogens is 376 g/mol. The number of ether oxygens (including phenoxy) is 1. The number of piperazine rings is 1. The van der Waals surface area contributed by atoms with Crippen molar-refractivity contribution < 1.29 is 17.9 Å². The van der Waals surface area contributed by atoms with Gasteiger partial charge in [0.25, 0.3) is 5.91 Å². The first-order valence-corrected chi connectivity index (χ1v) is 10.7. The third-order valence-electron chi connectivity index (χ3n) is 4.55. The van der Waals surface area contributed by atoms with Crippen LogP contribution in [-0.4, -0.2) is 55.8 Å². The lowest BCUT2D eigenvalue weighted by molar-refractivity contribution is -0.139. The normalized spacial score (nSPS) is 16.8. The molecule has 0 N–H and O–H groups in total. The molecule has 1 fully saturated rings. The van der Waals surface area contributed by atoms with E-state index in [4.69, 9.17) is 4.74 Å². The van der Waals surface area contributed by atoms with Crippen LogP contribution < -0.4 is 4.74 Å². The molecule has 0 aromatic heterocycles. The topological polar surface area (TPSA) is 66.9 Å². The number of nitrogens with zero attached hydrogens (tertiary/aromatic N) is 2. The molecule has 0 spiro atoms. The van der Waals surface area contributed by atoms with Crippen LogP contribution in [0.3, 0.4) is 0 Å². The molecule has 7 heteroatoms. The first-order chi connectivity index (χ1) is 13.5. The number of sulfonamides is 1. The lowest BCUT2D eigenvalue weighted by Crippen LogP contribution is -2.52. The Morgan fingerprint density at radius 2 is 1.54 bits per heavy atom. The second-order valence-corrected chi connectivity index (χ2v) is 8.37. The van der Waals surface area contributed by atoms with Crippen molar-refractivity contribution >= 4 is 22.0 Å². The lowest BCUT2D eigenvalue weighted by Gasteiger charge is -2.34. The molecule has 1 amide bonds. The molecule has 6 nitrogen and oxygen atoms in total. The number of carbonyl (C=O) groups is 1. The minimum absolute atomic E-state index is 0.138. The number of hydrogen-bond acceptors (Lipinski definition) is 4. The summed E-state index contributed by atoms with van der Waals surface area (Å²) in [7, 11) is -3.52. The first-order valence-electron chi connectivity index (χ1n) is 9.19. The van der Waals surface area contributed by atoms with Gasteiger partial charge in [0.2, 0.25) is 10.0 Å². The molecule has 0 saturated carbocycles. The second kappa shape index (κ2) is 9.03. The van der Waals surface area contributed by atoms with Gasteiger partial charge in [-0.25, -0.2) is 8.42 Å². The van der Waals surface area contributed by atoms with Crippen molar-refractivity contribution in [1.82, 2.24) is 9.21 Å². The highest BCUT2D eigenvalue weighted by molar-refractivity contribution is 7.92. The Bertz CT molecular complexity index is 906. The molecule has 1 aliphatic rings. The summed E-state index contributed by atoms with van der Waals surface area (Å²) in [6.45, 7) is 2.94. The zero-order valence-corrected chi connectivity index (χ0v) is 16.6. The predicted octanol–water partition coefficient (Wildman–Crippen LogP) is 2.60. The van der Waals surface area contributed by atoms with E-state index in [9.17, 15) is 13.2 Å². The van der Waals surface area contributed by atoms with Gasteiger partial charge in [-0.2, -0.15) is 4.31 Å². The minimum atomic E-state index is -3.52. The maximum atomic E-state index is 12.6. The third kappa shape index (κ3) is 5.21. The van der Waals surface area contributed by atoms with E-state index in [2.05, 4.69) is 0 Å². The molecule has 0 radical (unpaired) electrons. The first kappa shape index (κ1) is 20.1. The second-order valence-electron chi connectivity index (χ2n) is 6.56. The number of benzene rings is 2. The zero-order valence-electron chi connectivity index (χ0n) is 15.8. The molecule has 0 aliphatic carbocycles. The van der Waals surface area contributed by atoms with Crippen LogP contribution in [-0.2, 0) is 14.8 Å². The highest BCUT2D eigenvalue weighted by Crippen LogP contribution is 2.15. The molecule has 0 bridgehead atoms. The van der Waals surface area contributed by atoms with Crippen molar-refractivity contribution in [3.8, 4) is 5.75 Å². The number of hydrogen-bond donors (Lipinski definition) is 0. The summed E-state index contributed by atoms with van der Waals surface area (Å²) in [5.74, 6) is 0.497. The van der Waals surface area contributed by atoms with Gasteiger partial charge in [-0.05, 0) is 30.7 Å². The van der Waals surface area contributed by atoms with Crippen LogP contribution in [0.25, 0.3) is 6.08 Å². The molecule has 2 aromatic rings. The average molecular weight is 401 g/mol. The summed E-state index contributed by atoms with van der Waals surface area (Å²) in [6, 6.07) is 18.5. The van der Waals surface area contributed by atoms with E-state index in [0.717, 1.165) is 5.56 Å². The Morgan fingerprint density at radius 1 is 0.964 bits per heavy atom. The zero-order chi connectivity index (χ0) is 20.0. The Labute approximate surface area is 166 Å². The van der Waals surface area contributed by atoms with Crippen LogP contribution in [0, 0.1) is 0 Å². The van der Waals surface area contributed by atoms with E-state index >= 15 is 0 Å². The van der Waals surface area contributed by atoms with Crippen molar-refractivity contribution in [1.29, 1.82) is 0 Å². The monoisotopic (exact) mass is 400 g/mol. The SMILES string of the molecule is CC(Oc1ccccc1)C(=O)N1CCN(S(=O)(=O)C=Cc2ccccc2)CC1. The third-order valence-corrected chi connectivity index (χ3v) is 6.11. The summed E-state index contributed by atoms with van der Waals surface area (Å²) in [5.41, 5.74) is 0.826. The Balaban J connectivity index is 1.54. The summed E-state index contributed by atoms with van der Waals surface area (Å²) >= 11 is 0. The fourth-order valence-corrected chi connectivity index (χ4v) is 4.16. The van der Waals surface area contributed by atoms with Gasteiger partial charge in [0, 0.05) is 31.6 Å². The quantitative estimate of drug-likeness (QED) is 0.748. The standard InChI is InChI=1S/C21H24N2O4S/c1-18(27-20-10-6-3-7-11-20)21(24)22-13-15-23(16-14-22)28(25,26)17-12-19-8-4-2-5-9-19/h2-12,17-18H,13-16H2,1H3. The van der Waals surface area contributed by atoms with E-state index in [1.165, 1.54) is 9.71 Å². The molecule has 1 atom stereocenters. The van der Waals surface area contributed by atoms with Crippen molar-refractivity contribution in [3.63, 3.8) is 0 Å².